The first-order valence-corrected chi connectivity index (χ1v) is 8.17. The van der Waals surface area contributed by atoms with E-state index in [1.54, 1.807) is 0 Å². The second kappa shape index (κ2) is 5.44. The lowest BCUT2D eigenvalue weighted by atomic mass is 9.91. The third-order valence-corrected chi connectivity index (χ3v) is 4.48. The van der Waals surface area contributed by atoms with Gasteiger partial charge in [-0.15, -0.1) is 0 Å². The standard InChI is InChI=1S/C16H21BrN4/c1-16(2,3)10-12-14(17)15-19-9-7-13(21(15)20-12)11-6-4-5-8-18-11/h4-6,8,13,19H,7,9-10H2,1-3H3. The van der Waals surface area contributed by atoms with Gasteiger partial charge in [-0.2, -0.15) is 5.10 Å². The Labute approximate surface area is 134 Å². The summed E-state index contributed by atoms with van der Waals surface area (Å²) in [5.41, 5.74) is 2.42. The molecule has 0 saturated heterocycles. The lowest BCUT2D eigenvalue weighted by Gasteiger charge is -2.25. The molecule has 1 aliphatic rings. The zero-order valence-corrected chi connectivity index (χ0v) is 14.3. The van der Waals surface area contributed by atoms with E-state index in [0.717, 1.165) is 41.1 Å². The van der Waals surface area contributed by atoms with Crippen molar-refractivity contribution in [1.29, 1.82) is 0 Å². The van der Waals surface area contributed by atoms with E-state index in [1.807, 2.05) is 18.3 Å². The topological polar surface area (TPSA) is 42.7 Å². The molecule has 2 aromatic heterocycles. The molecular formula is C16H21BrN4. The van der Waals surface area contributed by atoms with Gasteiger partial charge in [-0.1, -0.05) is 26.8 Å². The maximum Gasteiger partial charge on any atom is 0.139 e. The van der Waals surface area contributed by atoms with Crippen LogP contribution in [-0.2, 0) is 6.42 Å². The number of aromatic nitrogens is 3. The Balaban J connectivity index is 2.00. The normalized spacial score (nSPS) is 18.2. The second-order valence-electron chi connectivity index (χ2n) is 6.78. The number of hydrogen-bond acceptors (Lipinski definition) is 3. The highest BCUT2D eigenvalue weighted by atomic mass is 79.9. The first kappa shape index (κ1) is 14.6. The highest BCUT2D eigenvalue weighted by Crippen LogP contribution is 2.37. The lowest BCUT2D eigenvalue weighted by Crippen LogP contribution is -2.25. The van der Waals surface area contributed by atoms with Gasteiger partial charge in [0.05, 0.1) is 21.9 Å². The van der Waals surface area contributed by atoms with Crippen molar-refractivity contribution in [3.05, 3.63) is 40.3 Å². The predicted molar refractivity (Wildman–Crippen MR) is 88.6 cm³/mol. The Morgan fingerprint density at radius 3 is 2.86 bits per heavy atom. The lowest BCUT2D eigenvalue weighted by molar-refractivity contribution is 0.397. The second-order valence-corrected chi connectivity index (χ2v) is 7.57. The summed E-state index contributed by atoms with van der Waals surface area (Å²) in [4.78, 5) is 4.51. The van der Waals surface area contributed by atoms with Crippen molar-refractivity contribution in [3.63, 3.8) is 0 Å². The van der Waals surface area contributed by atoms with Crippen LogP contribution in [0.3, 0.4) is 0 Å². The minimum absolute atomic E-state index is 0.215. The van der Waals surface area contributed by atoms with Crippen LogP contribution in [0, 0.1) is 5.41 Å². The summed E-state index contributed by atoms with van der Waals surface area (Å²) in [7, 11) is 0. The molecule has 1 aliphatic heterocycles. The fraction of sp³-hybridized carbons (Fsp3) is 0.500. The molecule has 1 unspecified atom stereocenters. The number of halogens is 1. The van der Waals surface area contributed by atoms with Crippen molar-refractivity contribution in [2.24, 2.45) is 5.41 Å². The van der Waals surface area contributed by atoms with Crippen LogP contribution in [0.25, 0.3) is 0 Å². The van der Waals surface area contributed by atoms with Gasteiger partial charge in [0, 0.05) is 12.7 Å². The molecule has 5 heteroatoms. The smallest absolute Gasteiger partial charge is 0.139 e. The Bertz CT molecular complexity index is 628. The zero-order valence-electron chi connectivity index (χ0n) is 12.7. The monoisotopic (exact) mass is 348 g/mol. The van der Waals surface area contributed by atoms with Gasteiger partial charge in [-0.3, -0.25) is 4.98 Å². The van der Waals surface area contributed by atoms with Crippen molar-refractivity contribution in [3.8, 4) is 0 Å². The van der Waals surface area contributed by atoms with Gasteiger partial charge in [-0.05, 0) is 46.3 Å². The first-order valence-electron chi connectivity index (χ1n) is 7.37. The molecule has 4 nitrogen and oxygen atoms in total. The molecule has 1 N–H and O–H groups in total. The largest absolute Gasteiger partial charge is 0.369 e. The summed E-state index contributed by atoms with van der Waals surface area (Å²) >= 11 is 3.72. The van der Waals surface area contributed by atoms with Crippen LogP contribution >= 0.6 is 15.9 Å². The van der Waals surface area contributed by atoms with E-state index in [9.17, 15) is 0 Å². The minimum Gasteiger partial charge on any atom is -0.369 e. The van der Waals surface area contributed by atoms with Crippen LogP contribution < -0.4 is 5.32 Å². The van der Waals surface area contributed by atoms with Gasteiger partial charge in [0.25, 0.3) is 0 Å². The van der Waals surface area contributed by atoms with Gasteiger partial charge in [0.15, 0.2) is 0 Å². The van der Waals surface area contributed by atoms with Crippen molar-refractivity contribution in [2.75, 3.05) is 11.9 Å². The number of rotatable bonds is 2. The average Bonchev–Trinajstić information content (AvgIpc) is 2.75. The quantitative estimate of drug-likeness (QED) is 0.890. The Morgan fingerprint density at radius 1 is 1.38 bits per heavy atom. The SMILES string of the molecule is CC(C)(C)Cc1nn2c(c1Br)NCCC2c1ccccn1. The van der Waals surface area contributed by atoms with Crippen LogP contribution in [0.1, 0.15) is 44.6 Å². The average molecular weight is 349 g/mol. The molecule has 0 aromatic carbocycles. The molecule has 0 amide bonds. The molecule has 0 aliphatic carbocycles. The van der Waals surface area contributed by atoms with Crippen LogP contribution in [-0.4, -0.2) is 21.3 Å². The molecular weight excluding hydrogens is 328 g/mol. The fourth-order valence-corrected chi connectivity index (χ4v) is 3.30. The van der Waals surface area contributed by atoms with Crippen molar-refractivity contribution in [2.45, 2.75) is 39.7 Å². The van der Waals surface area contributed by atoms with E-state index < -0.39 is 0 Å². The van der Waals surface area contributed by atoms with Gasteiger partial charge in [0.1, 0.15) is 5.82 Å². The highest BCUT2D eigenvalue weighted by Gasteiger charge is 2.28. The van der Waals surface area contributed by atoms with Crippen molar-refractivity contribution < 1.29 is 0 Å². The van der Waals surface area contributed by atoms with Crippen LogP contribution in [0.5, 0.6) is 0 Å². The molecule has 1 atom stereocenters. The van der Waals surface area contributed by atoms with Gasteiger partial charge in [0.2, 0.25) is 0 Å². The van der Waals surface area contributed by atoms with E-state index in [0.29, 0.717) is 0 Å². The molecule has 0 fully saturated rings. The van der Waals surface area contributed by atoms with E-state index in [4.69, 9.17) is 5.10 Å². The molecule has 0 saturated carbocycles. The van der Waals surface area contributed by atoms with Crippen LogP contribution in [0.2, 0.25) is 0 Å². The molecule has 3 rings (SSSR count). The summed E-state index contributed by atoms with van der Waals surface area (Å²) in [6.07, 6.45) is 3.81. The van der Waals surface area contributed by atoms with Gasteiger partial charge >= 0.3 is 0 Å². The number of anilines is 1. The Kier molecular flexibility index (Phi) is 3.78. The Hall–Kier alpha value is -1.36. The third kappa shape index (κ3) is 2.98. The summed E-state index contributed by atoms with van der Waals surface area (Å²) in [6.45, 7) is 7.66. The minimum atomic E-state index is 0.215. The van der Waals surface area contributed by atoms with Crippen molar-refractivity contribution >= 4 is 21.7 Å². The van der Waals surface area contributed by atoms with Crippen LogP contribution in [0.15, 0.2) is 28.9 Å². The molecule has 0 spiro atoms. The van der Waals surface area contributed by atoms with E-state index >= 15 is 0 Å². The number of nitrogens with zero attached hydrogens (tertiary/aromatic N) is 3. The molecule has 21 heavy (non-hydrogen) atoms. The van der Waals surface area contributed by atoms with Crippen molar-refractivity contribution in [1.82, 2.24) is 14.8 Å². The molecule has 0 radical (unpaired) electrons. The summed E-state index contributed by atoms with van der Waals surface area (Å²) in [5.74, 6) is 1.08. The van der Waals surface area contributed by atoms with E-state index in [-0.39, 0.29) is 11.5 Å². The number of pyridine rings is 1. The number of nitrogens with one attached hydrogen (secondary N) is 1. The molecule has 3 heterocycles. The van der Waals surface area contributed by atoms with Crippen LogP contribution in [0.4, 0.5) is 5.82 Å². The Morgan fingerprint density at radius 2 is 2.19 bits per heavy atom. The summed E-state index contributed by atoms with van der Waals surface area (Å²) < 4.78 is 3.19. The maximum atomic E-state index is 4.86. The maximum absolute atomic E-state index is 4.86. The summed E-state index contributed by atoms with van der Waals surface area (Å²) in [5, 5.41) is 8.32. The van der Waals surface area contributed by atoms with E-state index in [1.165, 1.54) is 0 Å². The molecule has 0 bridgehead atoms. The molecule has 2 aromatic rings. The third-order valence-electron chi connectivity index (χ3n) is 3.65. The number of hydrogen-bond donors (Lipinski definition) is 1. The first-order chi connectivity index (χ1) is 9.96. The van der Waals surface area contributed by atoms with E-state index in [2.05, 4.69) is 57.8 Å². The molecule has 112 valence electrons. The number of fused-ring (bicyclic) bond motifs is 1. The summed E-state index contributed by atoms with van der Waals surface area (Å²) in [6, 6.07) is 6.29. The van der Waals surface area contributed by atoms with Gasteiger partial charge in [-0.25, -0.2) is 4.68 Å². The van der Waals surface area contributed by atoms with Gasteiger partial charge < -0.3 is 5.32 Å². The predicted octanol–water partition coefficient (Wildman–Crippen LogP) is 4.03. The fourth-order valence-electron chi connectivity index (χ4n) is 2.76. The zero-order chi connectivity index (χ0) is 15.0. The highest BCUT2D eigenvalue weighted by molar-refractivity contribution is 9.10.